The summed E-state index contributed by atoms with van der Waals surface area (Å²) < 4.78 is 62.7. The first kappa shape index (κ1) is 59.2. The van der Waals surface area contributed by atoms with Crippen LogP contribution < -0.4 is 45.0 Å². The van der Waals surface area contributed by atoms with Crippen LogP contribution in [0.5, 0.6) is 0 Å². The Bertz CT molecular complexity index is 3530. The average molecular weight is 1200 g/mol. The minimum atomic E-state index is -4.50. The first-order chi connectivity index (χ1) is 36.1. The third kappa shape index (κ3) is 14.0. The van der Waals surface area contributed by atoms with E-state index in [2.05, 4.69) is 19.9 Å². The number of hydrogen-bond donors (Lipinski definition) is 9. The number of rotatable bonds is 20. The molecule has 9 N–H and O–H groups in total. The Morgan fingerprint density at radius 2 is 0.740 bits per heavy atom. The van der Waals surface area contributed by atoms with Crippen LogP contribution in [0.2, 0.25) is 0 Å². The van der Waals surface area contributed by atoms with Crippen molar-refractivity contribution in [1.29, 1.82) is 0 Å². The SMILES string of the molecule is Cc1cn([C@H]2C[C@H](OP(O)(=S)OC[C@H]3O[C@@H](n4cc(C)c(=O)[nH]c4=O)C[C@@H]3OP(O)(=S)OC[C@H]3O[C@@H](n4cc(C)c(=O)[nH]c4=O)C[C@@H]3OP(O)(=S)OC[C@H]3O[C@@H](n4cc(C)c(=O)[nH]c4=O)C[C@@H]3O)[C@@H](CO)O2)c(=O)[nH]c1=O. The molecule has 0 aliphatic carbocycles. The molecule has 8 rings (SSSR count). The molecule has 15 atom stereocenters. The molecular weight excluding hydrogens is 1150 g/mol. The molecule has 37 heteroatoms. The maximum atomic E-state index is 13.0. The van der Waals surface area contributed by atoms with Crippen molar-refractivity contribution in [3.63, 3.8) is 0 Å². The largest absolute Gasteiger partial charge is 0.394 e. The van der Waals surface area contributed by atoms with E-state index in [1.165, 1.54) is 52.5 Å². The molecule has 4 fully saturated rings. The maximum absolute atomic E-state index is 13.0. The minimum absolute atomic E-state index is 0.109. The van der Waals surface area contributed by atoms with E-state index in [9.17, 15) is 63.2 Å². The van der Waals surface area contributed by atoms with Crippen LogP contribution in [0.25, 0.3) is 0 Å². The Labute approximate surface area is 446 Å². The van der Waals surface area contributed by atoms with Crippen molar-refractivity contribution in [3.8, 4) is 0 Å². The molecule has 0 radical (unpaired) electrons. The highest BCUT2D eigenvalue weighted by Crippen LogP contribution is 2.54. The second-order valence-corrected chi connectivity index (χ2v) is 26.7. The molecule has 4 aromatic rings. The van der Waals surface area contributed by atoms with Crippen molar-refractivity contribution in [1.82, 2.24) is 38.2 Å². The Hall–Kier alpha value is -3.93. The highest BCUT2D eigenvalue weighted by molar-refractivity contribution is 8.07. The van der Waals surface area contributed by atoms with Crippen LogP contribution in [-0.4, -0.2) is 138 Å². The Morgan fingerprint density at radius 1 is 0.481 bits per heavy atom. The third-order valence-electron chi connectivity index (χ3n) is 12.8. The zero-order chi connectivity index (χ0) is 56.1. The van der Waals surface area contributed by atoms with Gasteiger partial charge in [0, 0.05) is 72.7 Å². The number of ether oxygens (including phenoxy) is 4. The van der Waals surface area contributed by atoms with Gasteiger partial charge in [-0.2, -0.15) is 0 Å². The highest BCUT2D eigenvalue weighted by atomic mass is 32.5. The van der Waals surface area contributed by atoms with Crippen LogP contribution in [0.4, 0.5) is 0 Å². The number of nitrogens with one attached hydrogen (secondary N) is 4. The van der Waals surface area contributed by atoms with Gasteiger partial charge in [0.2, 0.25) is 0 Å². The minimum Gasteiger partial charge on any atom is -0.394 e. The summed E-state index contributed by atoms with van der Waals surface area (Å²) in [4.78, 5) is 142. The van der Waals surface area contributed by atoms with Crippen LogP contribution in [0.3, 0.4) is 0 Å². The number of hydrogen-bond acceptors (Lipinski definition) is 23. The van der Waals surface area contributed by atoms with E-state index < -0.39 is 165 Å². The zero-order valence-corrected chi connectivity index (χ0v) is 46.0. The molecule has 4 aliphatic heterocycles. The number of nitrogens with zero attached hydrogens (tertiary/aromatic N) is 4. The molecule has 0 aromatic carbocycles. The molecule has 0 bridgehead atoms. The van der Waals surface area contributed by atoms with Gasteiger partial charge in [-0.1, -0.05) is 0 Å². The van der Waals surface area contributed by atoms with E-state index in [0.717, 1.165) is 18.3 Å². The summed E-state index contributed by atoms with van der Waals surface area (Å²) in [6, 6.07) is 0. The molecule has 0 saturated carbocycles. The summed E-state index contributed by atoms with van der Waals surface area (Å²) in [5.41, 5.74) is -5.31. The molecule has 0 amide bonds. The summed E-state index contributed by atoms with van der Waals surface area (Å²) in [6.45, 7) is -9.94. The summed E-state index contributed by atoms with van der Waals surface area (Å²) in [7, 11) is 0. The van der Waals surface area contributed by atoms with E-state index in [-0.39, 0.29) is 47.9 Å². The van der Waals surface area contributed by atoms with Gasteiger partial charge in [0.1, 0.15) is 49.3 Å². The molecule has 4 aromatic heterocycles. The first-order valence-electron chi connectivity index (χ1n) is 23.3. The van der Waals surface area contributed by atoms with Crippen LogP contribution >= 0.6 is 20.2 Å². The van der Waals surface area contributed by atoms with Gasteiger partial charge in [-0.05, 0) is 63.1 Å². The first-order valence-corrected chi connectivity index (χ1v) is 31.0. The number of aromatic amines is 4. The second-order valence-electron chi connectivity index (χ2n) is 18.3. The van der Waals surface area contributed by atoms with Crippen LogP contribution in [0.1, 0.15) is 72.8 Å². The number of aliphatic hydroxyl groups excluding tert-OH is 2. The van der Waals surface area contributed by atoms with Gasteiger partial charge in [-0.25, -0.2) is 19.2 Å². The summed E-state index contributed by atoms with van der Waals surface area (Å²) in [5, 5.41) is 20.9. The van der Waals surface area contributed by atoms with Crippen LogP contribution in [0.15, 0.2) is 63.1 Å². The van der Waals surface area contributed by atoms with Crippen molar-refractivity contribution in [2.75, 3.05) is 26.4 Å². The fourth-order valence-corrected chi connectivity index (χ4v) is 13.2. The molecule has 31 nitrogen and oxygen atoms in total. The number of aryl methyl sites for hydroxylation is 4. The zero-order valence-electron chi connectivity index (χ0n) is 40.8. The van der Waals surface area contributed by atoms with Gasteiger partial charge in [0.15, 0.2) is 0 Å². The van der Waals surface area contributed by atoms with Crippen molar-refractivity contribution in [2.45, 2.75) is 127 Å². The molecular formula is C40H53N8O23P3S3. The molecule has 8 heterocycles. The van der Waals surface area contributed by atoms with E-state index in [0.29, 0.717) is 0 Å². The fraction of sp³-hybridized carbons (Fsp3) is 0.600. The third-order valence-corrected chi connectivity index (χ3v) is 17.5. The molecule has 4 saturated heterocycles. The summed E-state index contributed by atoms with van der Waals surface area (Å²) in [6.07, 6.45) is -10.4. The van der Waals surface area contributed by atoms with Gasteiger partial charge >= 0.3 is 42.9 Å². The highest BCUT2D eigenvalue weighted by Gasteiger charge is 2.46. The van der Waals surface area contributed by atoms with Gasteiger partial charge in [-0.3, -0.25) is 57.4 Å². The predicted molar refractivity (Wildman–Crippen MR) is 273 cm³/mol. The molecule has 0 spiro atoms. The van der Waals surface area contributed by atoms with Crippen molar-refractivity contribution >= 4 is 55.6 Å². The van der Waals surface area contributed by atoms with Crippen LogP contribution in [0, 0.1) is 27.7 Å². The number of H-pyrrole nitrogens is 4. The van der Waals surface area contributed by atoms with Gasteiger partial charge in [0.25, 0.3) is 22.2 Å². The maximum Gasteiger partial charge on any atom is 0.330 e. The molecule has 424 valence electrons. The predicted octanol–water partition coefficient (Wildman–Crippen LogP) is -2.22. The van der Waals surface area contributed by atoms with E-state index in [4.69, 9.17) is 81.5 Å². The normalized spacial score (nSPS) is 29.8. The Balaban J connectivity index is 0.963. The van der Waals surface area contributed by atoms with E-state index in [1.54, 1.807) is 0 Å². The fourth-order valence-electron chi connectivity index (χ4n) is 8.75. The quantitative estimate of drug-likeness (QED) is 0.0423. The van der Waals surface area contributed by atoms with E-state index >= 15 is 0 Å². The number of aliphatic hydroxyl groups is 2. The standard InChI is InChI=1S/C40H53N8O23P3S3/c1-17-9-45(37(55)41-33(17)51)29-5-21(50)26(66-29)14-62-72(59,75)70-23-7-31(47-11-19(3)35(53)43-39(47)57)68-28(23)16-64-74(61,77)71-24-8-32(48-12-20(4)36(54)44-40(48)58)67-27(24)15-63-73(60,76)69-22-6-30(65-25(22)13-49)46-10-18(2)34(52)42-38(46)56/h9-12,21-32,49-50H,5-8,13-16H2,1-4H3,(H,59,75)(H,60,76)(H,61,77)(H,41,51,55)(H,42,52,56)(H,43,53,57)(H,44,54,58)/t21-,22-,23-,24-,25+,26+,27+,28+,29+,30+,31+,32+,72?,73?,74?/m0/s1. The second kappa shape index (κ2) is 23.6. The monoisotopic (exact) mass is 1200 g/mol. The van der Waals surface area contributed by atoms with Gasteiger partial charge in [0.05, 0.1) is 50.8 Å². The average Bonchev–Trinajstić information content (AvgIpc) is 4.16. The van der Waals surface area contributed by atoms with Crippen LogP contribution in [-0.2, 0) is 81.5 Å². The molecule has 77 heavy (non-hydrogen) atoms. The van der Waals surface area contributed by atoms with Gasteiger partial charge < -0.3 is 71.0 Å². The molecule has 3 unspecified atom stereocenters. The lowest BCUT2D eigenvalue weighted by molar-refractivity contribution is -0.0572. The molecule has 4 aliphatic rings. The van der Waals surface area contributed by atoms with Gasteiger partial charge in [-0.15, -0.1) is 0 Å². The topological polar surface area (TPSA) is 413 Å². The van der Waals surface area contributed by atoms with E-state index in [1.807, 2.05) is 0 Å². The van der Waals surface area contributed by atoms with Crippen molar-refractivity contribution in [2.24, 2.45) is 0 Å². The van der Waals surface area contributed by atoms with Crippen molar-refractivity contribution < 1.29 is 71.0 Å². The summed E-state index contributed by atoms with van der Waals surface area (Å²) >= 11 is 16.1. The summed E-state index contributed by atoms with van der Waals surface area (Å²) in [5.74, 6) is 0. The van der Waals surface area contributed by atoms with Crippen molar-refractivity contribution in [3.05, 3.63) is 130 Å². The Morgan fingerprint density at radius 3 is 1.05 bits per heavy atom. The number of aromatic nitrogens is 8. The lowest BCUT2D eigenvalue weighted by Crippen LogP contribution is -2.33. The lowest BCUT2D eigenvalue weighted by Gasteiger charge is -2.28. The lowest BCUT2D eigenvalue weighted by atomic mass is 10.2. The smallest absolute Gasteiger partial charge is 0.330 e. The Kier molecular flexibility index (Phi) is 18.2.